The zero-order valence-corrected chi connectivity index (χ0v) is 14.0. The molecule has 2 N–H and O–H groups in total. The van der Waals surface area contributed by atoms with Crippen LogP contribution in [-0.4, -0.2) is 39.0 Å². The largest absolute Gasteiger partial charge is 0.415 e. The van der Waals surface area contributed by atoms with E-state index in [2.05, 4.69) is 10.2 Å². The number of benzene rings is 1. The lowest BCUT2D eigenvalue weighted by Crippen LogP contribution is -2.58. The molecule has 2 aromatic rings. The molecule has 0 bridgehead atoms. The van der Waals surface area contributed by atoms with E-state index in [4.69, 9.17) is 10.2 Å². The highest BCUT2D eigenvalue weighted by Crippen LogP contribution is 2.38. The van der Waals surface area contributed by atoms with E-state index in [1.54, 1.807) is 12.1 Å². The van der Waals surface area contributed by atoms with E-state index >= 15 is 0 Å². The normalized spacial score (nSPS) is 24.5. The maximum atomic E-state index is 14.0. The highest BCUT2D eigenvalue weighted by atomic mass is 19.3. The summed E-state index contributed by atoms with van der Waals surface area (Å²) in [6.07, 6.45) is -2.49. The van der Waals surface area contributed by atoms with Crippen LogP contribution in [-0.2, 0) is 6.54 Å². The van der Waals surface area contributed by atoms with Gasteiger partial charge in [0, 0.05) is 24.1 Å². The fourth-order valence-corrected chi connectivity index (χ4v) is 3.69. The predicted molar refractivity (Wildman–Crippen MR) is 85.1 cm³/mol. The minimum absolute atomic E-state index is 0.139. The monoisotopic (exact) mass is 384 g/mol. The van der Waals surface area contributed by atoms with Gasteiger partial charge in [-0.05, 0) is 30.5 Å². The van der Waals surface area contributed by atoms with Crippen LogP contribution in [0.3, 0.4) is 0 Å². The molecule has 1 aliphatic carbocycles. The Hall–Kier alpha value is -2.49. The number of aromatic nitrogens is 2. The second-order valence-corrected chi connectivity index (χ2v) is 6.80. The Balaban J connectivity index is 1.61. The number of nitrogens with zero attached hydrogens (tertiary/aromatic N) is 3. The average Bonchev–Trinajstić information content (AvgIpc) is 3.23. The van der Waals surface area contributed by atoms with Crippen LogP contribution >= 0.6 is 0 Å². The Kier molecular flexibility index (Phi) is 4.17. The molecule has 10 heteroatoms. The van der Waals surface area contributed by atoms with Crippen molar-refractivity contribution in [2.24, 2.45) is 5.73 Å². The molecule has 2 heterocycles. The molecule has 1 aromatic heterocycles. The van der Waals surface area contributed by atoms with Crippen LogP contribution in [0.25, 0.3) is 11.5 Å². The number of hydrogen-bond donors (Lipinski definition) is 1. The van der Waals surface area contributed by atoms with E-state index in [-0.39, 0.29) is 25.3 Å². The Morgan fingerprint density at radius 3 is 2.78 bits per heavy atom. The van der Waals surface area contributed by atoms with Crippen molar-refractivity contribution in [2.45, 2.75) is 50.2 Å². The molecular formula is C17H16F4N4O2. The third-order valence-electron chi connectivity index (χ3n) is 5.13. The van der Waals surface area contributed by atoms with Gasteiger partial charge in [0.1, 0.15) is 0 Å². The van der Waals surface area contributed by atoms with Gasteiger partial charge in [0.15, 0.2) is 0 Å². The summed E-state index contributed by atoms with van der Waals surface area (Å²) in [5, 5.41) is 6.81. The standard InChI is InChI=1S/C17H16F4N4O2/c18-13(19)15-24-23-14(27-15)8-3-4-9-7-25(16(26)10(9)6-8)11-2-1-5-17(20,21)12(11)22/h3-4,6,11-13H,1-2,5,7,22H2/t11-,12+/m1/s1. The maximum Gasteiger partial charge on any atom is 0.314 e. The highest BCUT2D eigenvalue weighted by Gasteiger charge is 2.49. The van der Waals surface area contributed by atoms with Crippen molar-refractivity contribution < 1.29 is 26.8 Å². The Labute approximate surface area is 151 Å². The van der Waals surface area contributed by atoms with E-state index in [1.807, 2.05) is 0 Å². The van der Waals surface area contributed by atoms with Crippen LogP contribution in [0.1, 0.15) is 47.5 Å². The van der Waals surface area contributed by atoms with Crippen LogP contribution < -0.4 is 5.73 Å². The molecule has 1 saturated carbocycles. The molecule has 6 nitrogen and oxygen atoms in total. The van der Waals surface area contributed by atoms with Gasteiger partial charge in [-0.1, -0.05) is 6.07 Å². The molecule has 27 heavy (non-hydrogen) atoms. The molecule has 2 atom stereocenters. The second-order valence-electron chi connectivity index (χ2n) is 6.80. The van der Waals surface area contributed by atoms with E-state index in [0.717, 1.165) is 0 Å². The molecular weight excluding hydrogens is 368 g/mol. The number of amides is 1. The fraction of sp³-hybridized carbons (Fsp3) is 0.471. The minimum Gasteiger partial charge on any atom is -0.415 e. The number of hydrogen-bond acceptors (Lipinski definition) is 5. The third-order valence-corrected chi connectivity index (χ3v) is 5.13. The Morgan fingerprint density at radius 2 is 2.07 bits per heavy atom. The molecule has 1 aromatic carbocycles. The van der Waals surface area contributed by atoms with Crippen LogP contribution in [0.4, 0.5) is 17.6 Å². The predicted octanol–water partition coefficient (Wildman–Crippen LogP) is 3.15. The van der Waals surface area contributed by atoms with E-state index in [0.29, 0.717) is 23.1 Å². The lowest BCUT2D eigenvalue weighted by Gasteiger charge is -2.40. The Morgan fingerprint density at radius 1 is 1.30 bits per heavy atom. The molecule has 0 radical (unpaired) electrons. The summed E-state index contributed by atoms with van der Waals surface area (Å²) in [6, 6.07) is 2.46. The summed E-state index contributed by atoms with van der Waals surface area (Å²) in [7, 11) is 0. The molecule has 0 unspecified atom stereocenters. The smallest absolute Gasteiger partial charge is 0.314 e. The first-order valence-corrected chi connectivity index (χ1v) is 8.47. The first-order chi connectivity index (χ1) is 12.8. The molecule has 2 aliphatic rings. The third kappa shape index (κ3) is 2.97. The molecule has 144 valence electrons. The molecule has 4 rings (SSSR count). The van der Waals surface area contributed by atoms with Crippen molar-refractivity contribution in [3.05, 3.63) is 35.2 Å². The van der Waals surface area contributed by atoms with E-state index in [9.17, 15) is 22.4 Å². The zero-order valence-electron chi connectivity index (χ0n) is 14.0. The molecule has 0 saturated heterocycles. The van der Waals surface area contributed by atoms with Crippen molar-refractivity contribution in [3.63, 3.8) is 0 Å². The quantitative estimate of drug-likeness (QED) is 0.822. The van der Waals surface area contributed by atoms with Crippen molar-refractivity contribution in [1.82, 2.24) is 15.1 Å². The lowest BCUT2D eigenvalue weighted by atomic mass is 9.86. The van der Waals surface area contributed by atoms with E-state index < -0.39 is 36.2 Å². The number of halogens is 4. The SMILES string of the molecule is N[C@H]1[C@H](N2Cc3ccc(-c4nnc(C(F)F)o4)cc3C2=O)CCCC1(F)F. The van der Waals surface area contributed by atoms with Crippen molar-refractivity contribution in [2.75, 3.05) is 0 Å². The number of carbonyl (C=O) groups excluding carboxylic acids is 1. The van der Waals surface area contributed by atoms with Gasteiger partial charge in [-0.2, -0.15) is 8.78 Å². The summed E-state index contributed by atoms with van der Waals surface area (Å²) >= 11 is 0. The summed E-state index contributed by atoms with van der Waals surface area (Å²) in [5.41, 5.74) is 6.99. The first-order valence-electron chi connectivity index (χ1n) is 8.47. The Bertz CT molecular complexity index is 886. The number of nitrogens with two attached hydrogens (primary N) is 1. The lowest BCUT2D eigenvalue weighted by molar-refractivity contribution is -0.0777. The number of rotatable bonds is 3. The number of alkyl halides is 4. The van der Waals surface area contributed by atoms with Crippen LogP contribution in [0.2, 0.25) is 0 Å². The van der Waals surface area contributed by atoms with Gasteiger partial charge in [0.2, 0.25) is 5.89 Å². The van der Waals surface area contributed by atoms with Gasteiger partial charge in [-0.15, -0.1) is 10.2 Å². The first kappa shape index (κ1) is 17.9. The molecule has 1 aliphatic heterocycles. The van der Waals surface area contributed by atoms with Crippen molar-refractivity contribution in [1.29, 1.82) is 0 Å². The zero-order chi connectivity index (χ0) is 19.3. The molecule has 0 spiro atoms. The highest BCUT2D eigenvalue weighted by molar-refractivity contribution is 5.99. The second kappa shape index (κ2) is 6.29. The van der Waals surface area contributed by atoms with Gasteiger partial charge in [0.05, 0.1) is 12.1 Å². The van der Waals surface area contributed by atoms with Gasteiger partial charge in [-0.25, -0.2) is 8.78 Å². The summed E-state index contributed by atoms with van der Waals surface area (Å²) in [6.45, 7) is 0.176. The summed E-state index contributed by atoms with van der Waals surface area (Å²) in [5.74, 6) is -4.38. The minimum atomic E-state index is -3.02. The van der Waals surface area contributed by atoms with Crippen molar-refractivity contribution >= 4 is 5.91 Å². The van der Waals surface area contributed by atoms with Gasteiger partial charge < -0.3 is 15.1 Å². The number of carbonyl (C=O) groups is 1. The summed E-state index contributed by atoms with van der Waals surface area (Å²) in [4.78, 5) is 14.2. The van der Waals surface area contributed by atoms with Crippen LogP contribution in [0.15, 0.2) is 22.6 Å². The van der Waals surface area contributed by atoms with Gasteiger partial charge >= 0.3 is 6.43 Å². The fourth-order valence-electron chi connectivity index (χ4n) is 3.69. The van der Waals surface area contributed by atoms with Crippen LogP contribution in [0.5, 0.6) is 0 Å². The molecule has 1 fully saturated rings. The number of fused-ring (bicyclic) bond motifs is 1. The topological polar surface area (TPSA) is 85.2 Å². The van der Waals surface area contributed by atoms with Gasteiger partial charge in [-0.3, -0.25) is 4.79 Å². The van der Waals surface area contributed by atoms with E-state index in [1.165, 1.54) is 11.0 Å². The van der Waals surface area contributed by atoms with Gasteiger partial charge in [0.25, 0.3) is 17.7 Å². The van der Waals surface area contributed by atoms with Crippen molar-refractivity contribution in [3.8, 4) is 11.5 Å². The summed E-state index contributed by atoms with van der Waals surface area (Å²) < 4.78 is 58.0. The average molecular weight is 384 g/mol. The molecule has 1 amide bonds. The maximum absolute atomic E-state index is 14.0. The van der Waals surface area contributed by atoms with Crippen LogP contribution in [0, 0.1) is 0 Å².